The van der Waals surface area contributed by atoms with Crippen molar-refractivity contribution in [2.75, 3.05) is 0 Å². The summed E-state index contributed by atoms with van der Waals surface area (Å²) in [6.07, 6.45) is 6.18. The topological polar surface area (TPSA) is 43.1 Å². The van der Waals surface area contributed by atoms with Gasteiger partial charge in [-0.1, -0.05) is 49.9 Å². The van der Waals surface area contributed by atoms with Gasteiger partial charge in [0, 0.05) is 21.0 Å². The fourth-order valence-corrected chi connectivity index (χ4v) is 4.96. The zero-order valence-electron chi connectivity index (χ0n) is 15.7. The molecule has 0 spiro atoms. The van der Waals surface area contributed by atoms with Gasteiger partial charge in [-0.25, -0.2) is 0 Å². The van der Waals surface area contributed by atoms with Crippen molar-refractivity contribution < 1.29 is 0 Å². The van der Waals surface area contributed by atoms with Crippen molar-refractivity contribution >= 4 is 28.6 Å². The largest absolute Gasteiger partial charge is 0.276 e. The zero-order chi connectivity index (χ0) is 18.8. The molecule has 0 atom stereocenters. The molecular formula is C21H23ClN4S. The first-order valence-electron chi connectivity index (χ1n) is 9.52. The first kappa shape index (κ1) is 18.4. The third-order valence-electron chi connectivity index (χ3n) is 4.87. The Morgan fingerprint density at radius 2 is 2.04 bits per heavy atom. The lowest BCUT2D eigenvalue weighted by Gasteiger charge is -2.07. The number of aromatic nitrogens is 3. The predicted octanol–water partition coefficient (Wildman–Crippen LogP) is 5.76. The molecule has 6 heteroatoms. The van der Waals surface area contributed by atoms with E-state index in [9.17, 15) is 0 Å². The second-order valence-corrected chi connectivity index (χ2v) is 8.47. The minimum atomic E-state index is 0.524. The second kappa shape index (κ2) is 7.95. The number of nitrogens with zero attached hydrogens (tertiary/aromatic N) is 4. The summed E-state index contributed by atoms with van der Waals surface area (Å²) in [7, 11) is 0. The molecule has 0 saturated heterocycles. The highest BCUT2D eigenvalue weighted by Crippen LogP contribution is 2.34. The molecule has 1 aliphatic heterocycles. The highest BCUT2D eigenvalue weighted by molar-refractivity contribution is 7.15. The normalized spacial score (nSPS) is 13.1. The van der Waals surface area contributed by atoms with Crippen LogP contribution in [0.4, 0.5) is 0 Å². The van der Waals surface area contributed by atoms with Gasteiger partial charge < -0.3 is 0 Å². The summed E-state index contributed by atoms with van der Waals surface area (Å²) in [4.78, 5) is 6.29. The van der Waals surface area contributed by atoms with Crippen LogP contribution in [0.25, 0.3) is 5.00 Å². The number of aliphatic imine (C=N–C) groups is 1. The van der Waals surface area contributed by atoms with Crippen molar-refractivity contribution in [1.29, 1.82) is 0 Å². The monoisotopic (exact) mass is 398 g/mol. The van der Waals surface area contributed by atoms with Gasteiger partial charge in [-0.05, 0) is 38.0 Å². The number of thiophene rings is 1. The smallest absolute Gasteiger partial charge is 0.160 e. The van der Waals surface area contributed by atoms with Crippen LogP contribution >= 0.6 is 22.9 Å². The number of hydrogen-bond acceptors (Lipinski definition) is 4. The maximum absolute atomic E-state index is 6.25. The van der Waals surface area contributed by atoms with Crippen LogP contribution in [0.1, 0.15) is 60.3 Å². The molecule has 140 valence electrons. The van der Waals surface area contributed by atoms with Crippen LogP contribution in [-0.2, 0) is 13.0 Å². The van der Waals surface area contributed by atoms with E-state index in [1.165, 1.54) is 35.6 Å². The first-order chi connectivity index (χ1) is 13.2. The number of benzene rings is 1. The van der Waals surface area contributed by atoms with Crippen molar-refractivity contribution in [2.45, 2.75) is 52.5 Å². The number of unbranched alkanes of at least 4 members (excludes halogenated alkanes) is 3. The molecule has 2 aromatic heterocycles. The van der Waals surface area contributed by atoms with Gasteiger partial charge in [0.05, 0.1) is 5.71 Å². The highest BCUT2D eigenvalue weighted by atomic mass is 35.5. The molecule has 3 heterocycles. The maximum Gasteiger partial charge on any atom is 0.160 e. The predicted molar refractivity (Wildman–Crippen MR) is 113 cm³/mol. The maximum atomic E-state index is 6.25. The first-order valence-corrected chi connectivity index (χ1v) is 10.7. The summed E-state index contributed by atoms with van der Waals surface area (Å²) >= 11 is 8.09. The van der Waals surface area contributed by atoms with Gasteiger partial charge >= 0.3 is 0 Å². The van der Waals surface area contributed by atoms with Crippen LogP contribution in [0.3, 0.4) is 0 Å². The molecule has 0 amide bonds. The van der Waals surface area contributed by atoms with Crippen molar-refractivity contribution in [3.05, 3.63) is 63.0 Å². The van der Waals surface area contributed by atoms with Crippen LogP contribution in [-0.4, -0.2) is 20.5 Å². The number of aryl methyl sites for hydroxylation is 2. The molecule has 1 aromatic carbocycles. The van der Waals surface area contributed by atoms with E-state index >= 15 is 0 Å². The molecule has 3 aromatic rings. The molecule has 4 nitrogen and oxygen atoms in total. The zero-order valence-corrected chi connectivity index (χ0v) is 17.3. The number of rotatable bonds is 6. The Bertz CT molecular complexity index is 986. The molecule has 0 N–H and O–H groups in total. The lowest BCUT2D eigenvalue weighted by Crippen LogP contribution is -2.05. The average molecular weight is 399 g/mol. The van der Waals surface area contributed by atoms with Gasteiger partial charge in [-0.15, -0.1) is 21.5 Å². The molecule has 0 radical (unpaired) electrons. The van der Waals surface area contributed by atoms with E-state index in [1.807, 2.05) is 36.5 Å². The van der Waals surface area contributed by atoms with Crippen molar-refractivity contribution in [1.82, 2.24) is 14.8 Å². The Balaban J connectivity index is 1.77. The van der Waals surface area contributed by atoms with Crippen LogP contribution in [0, 0.1) is 6.92 Å². The molecule has 1 aliphatic rings. The molecule has 27 heavy (non-hydrogen) atoms. The van der Waals surface area contributed by atoms with E-state index in [2.05, 4.69) is 33.8 Å². The molecule has 0 bridgehead atoms. The molecule has 0 saturated carbocycles. The Morgan fingerprint density at radius 1 is 1.15 bits per heavy atom. The van der Waals surface area contributed by atoms with E-state index in [1.54, 1.807) is 0 Å². The summed E-state index contributed by atoms with van der Waals surface area (Å²) in [6, 6.07) is 10.2. The lowest BCUT2D eigenvalue weighted by molar-refractivity contribution is 0.670. The number of fused-ring (bicyclic) bond motifs is 3. The summed E-state index contributed by atoms with van der Waals surface area (Å²) in [5, 5.41) is 10.5. The average Bonchev–Trinajstić information content (AvgIpc) is 3.19. The molecule has 4 rings (SSSR count). The summed E-state index contributed by atoms with van der Waals surface area (Å²) in [6.45, 7) is 4.78. The molecule has 0 aliphatic carbocycles. The molecule has 0 fully saturated rings. The number of halogens is 1. The van der Waals surface area contributed by atoms with Gasteiger partial charge in [-0.3, -0.25) is 9.56 Å². The standard InChI is InChI=1S/C21H23ClN4S/c1-3-4-5-6-10-17-12-18-20(15-8-7-9-16(22)11-15)23-13-19-25-24-14(2)26(19)21(18)27-17/h7-9,11-12H,3-6,10,13H2,1-2H3. The van der Waals surface area contributed by atoms with Gasteiger partial charge in [0.1, 0.15) is 17.4 Å². The van der Waals surface area contributed by atoms with E-state index < -0.39 is 0 Å². The SMILES string of the molecule is CCCCCCc1cc2c(s1)-n1c(C)nnc1CN=C2c1cccc(Cl)c1. The fourth-order valence-electron chi connectivity index (χ4n) is 3.51. The van der Waals surface area contributed by atoms with Gasteiger partial charge in [0.2, 0.25) is 0 Å². The second-order valence-electron chi connectivity index (χ2n) is 6.92. The van der Waals surface area contributed by atoms with E-state index in [0.29, 0.717) is 6.54 Å². The van der Waals surface area contributed by atoms with Crippen molar-refractivity contribution in [3.8, 4) is 5.00 Å². The van der Waals surface area contributed by atoms with Crippen LogP contribution in [0.5, 0.6) is 0 Å². The Morgan fingerprint density at radius 3 is 2.85 bits per heavy atom. The third-order valence-corrected chi connectivity index (χ3v) is 6.28. The van der Waals surface area contributed by atoms with Crippen LogP contribution in [0.2, 0.25) is 5.02 Å². The fraction of sp³-hybridized carbons (Fsp3) is 0.381. The summed E-state index contributed by atoms with van der Waals surface area (Å²) < 4.78 is 2.16. The van der Waals surface area contributed by atoms with E-state index in [4.69, 9.17) is 16.6 Å². The minimum absolute atomic E-state index is 0.524. The van der Waals surface area contributed by atoms with Crippen molar-refractivity contribution in [2.24, 2.45) is 4.99 Å². The van der Waals surface area contributed by atoms with Gasteiger partial charge in [0.15, 0.2) is 5.82 Å². The number of hydrogen-bond donors (Lipinski definition) is 0. The Labute approximate surface area is 168 Å². The minimum Gasteiger partial charge on any atom is -0.276 e. The summed E-state index contributed by atoms with van der Waals surface area (Å²) in [5.41, 5.74) is 3.21. The van der Waals surface area contributed by atoms with Gasteiger partial charge in [0.25, 0.3) is 0 Å². The lowest BCUT2D eigenvalue weighted by atomic mass is 10.0. The third kappa shape index (κ3) is 3.71. The van der Waals surface area contributed by atoms with E-state index in [-0.39, 0.29) is 0 Å². The quantitative estimate of drug-likeness (QED) is 0.495. The van der Waals surface area contributed by atoms with Crippen LogP contribution in [0.15, 0.2) is 35.3 Å². The van der Waals surface area contributed by atoms with Crippen molar-refractivity contribution in [3.63, 3.8) is 0 Å². The summed E-state index contributed by atoms with van der Waals surface area (Å²) in [5.74, 6) is 1.80. The Hall–Kier alpha value is -1.98. The van der Waals surface area contributed by atoms with E-state index in [0.717, 1.165) is 39.9 Å². The van der Waals surface area contributed by atoms with Crippen LogP contribution < -0.4 is 0 Å². The Kier molecular flexibility index (Phi) is 5.41. The molecule has 0 unspecified atom stereocenters. The van der Waals surface area contributed by atoms with Gasteiger partial charge in [-0.2, -0.15) is 0 Å². The molecular weight excluding hydrogens is 376 g/mol. The highest BCUT2D eigenvalue weighted by Gasteiger charge is 2.24.